The summed E-state index contributed by atoms with van der Waals surface area (Å²) < 4.78 is 34.2. The quantitative estimate of drug-likeness (QED) is 0.722. The number of likely N-dealkylation sites (tertiary alicyclic amines) is 1. The van der Waals surface area contributed by atoms with Crippen LogP contribution in [0.25, 0.3) is 0 Å². The smallest absolute Gasteiger partial charge is 0.411 e. The molecule has 0 saturated carbocycles. The third-order valence-corrected chi connectivity index (χ3v) is 3.96. The number of amides is 1. The van der Waals surface area contributed by atoms with Gasteiger partial charge in [-0.15, -0.1) is 0 Å². The summed E-state index contributed by atoms with van der Waals surface area (Å²) in [5.74, 6) is -0.630. The molecule has 26 heavy (non-hydrogen) atoms. The van der Waals surface area contributed by atoms with Crippen molar-refractivity contribution < 1.29 is 27.8 Å². The Bertz CT molecular complexity index is 694. The summed E-state index contributed by atoms with van der Waals surface area (Å²) >= 11 is 6.08. The number of ether oxygens (including phenoxy) is 2. The average molecular weight is 391 g/mol. The van der Waals surface area contributed by atoms with Gasteiger partial charge in [0.1, 0.15) is 16.8 Å². The van der Waals surface area contributed by atoms with Crippen molar-refractivity contribution >= 4 is 23.5 Å². The van der Waals surface area contributed by atoms with E-state index in [1.54, 1.807) is 20.8 Å². The molecule has 2 rings (SSSR count). The van der Waals surface area contributed by atoms with Crippen LogP contribution in [0.2, 0.25) is 5.15 Å². The fourth-order valence-corrected chi connectivity index (χ4v) is 3.02. The van der Waals surface area contributed by atoms with Crippen molar-refractivity contribution in [2.45, 2.75) is 52.4 Å². The van der Waals surface area contributed by atoms with Crippen LogP contribution in [0.4, 0.5) is 13.6 Å². The number of alkyl halides is 2. The van der Waals surface area contributed by atoms with Gasteiger partial charge in [-0.05, 0) is 32.8 Å². The molecule has 1 aromatic rings. The van der Waals surface area contributed by atoms with E-state index in [0.29, 0.717) is 6.54 Å². The zero-order valence-corrected chi connectivity index (χ0v) is 15.7. The molecule has 1 aliphatic heterocycles. The molecule has 0 N–H and O–H groups in total. The van der Waals surface area contributed by atoms with Crippen LogP contribution in [0.5, 0.6) is 5.88 Å². The summed E-state index contributed by atoms with van der Waals surface area (Å²) in [6, 6.07) is 1.57. The number of carbonyl (C=O) groups excluding carboxylic acids is 2. The second-order valence-corrected chi connectivity index (χ2v) is 7.58. The topological polar surface area (TPSA) is 68.7 Å². The van der Waals surface area contributed by atoms with Crippen molar-refractivity contribution in [2.24, 2.45) is 5.92 Å². The second-order valence-electron chi connectivity index (χ2n) is 7.22. The first-order valence-electron chi connectivity index (χ1n) is 8.11. The standard InChI is InChI=1S/C17H21ClF2N2O4/c1-9-7-11(23)13(22(8-9)16(24)26-17(2,3)4)10-5-6-12(21-14(10)18)25-15(19)20/h5-6,9,13,15H,7-8H2,1-4H3/t9-,13-/m1/s1. The molecular formula is C17H21ClF2N2O4. The molecule has 1 aliphatic rings. The molecule has 1 amide bonds. The van der Waals surface area contributed by atoms with Gasteiger partial charge in [-0.2, -0.15) is 8.78 Å². The molecule has 9 heteroatoms. The van der Waals surface area contributed by atoms with Crippen LogP contribution in [0, 0.1) is 5.92 Å². The number of Topliss-reactive ketones (excluding diaryl/α,β-unsaturated/α-hetero) is 1. The summed E-state index contributed by atoms with van der Waals surface area (Å²) in [7, 11) is 0. The highest BCUT2D eigenvalue weighted by molar-refractivity contribution is 6.30. The van der Waals surface area contributed by atoms with E-state index in [0.717, 1.165) is 0 Å². The average Bonchev–Trinajstić information content (AvgIpc) is 2.45. The first-order valence-corrected chi connectivity index (χ1v) is 8.49. The Morgan fingerprint density at radius 3 is 2.58 bits per heavy atom. The predicted octanol–water partition coefficient (Wildman–Crippen LogP) is 4.22. The number of ketones is 1. The van der Waals surface area contributed by atoms with Gasteiger partial charge in [-0.1, -0.05) is 18.5 Å². The third-order valence-electron chi connectivity index (χ3n) is 3.66. The van der Waals surface area contributed by atoms with Crippen LogP contribution in [-0.2, 0) is 9.53 Å². The van der Waals surface area contributed by atoms with E-state index in [9.17, 15) is 18.4 Å². The van der Waals surface area contributed by atoms with E-state index in [2.05, 4.69) is 9.72 Å². The fourth-order valence-electron chi connectivity index (χ4n) is 2.77. The molecule has 1 aromatic heterocycles. The number of halogens is 3. The molecule has 0 spiro atoms. The van der Waals surface area contributed by atoms with Gasteiger partial charge in [-0.3, -0.25) is 9.69 Å². The van der Waals surface area contributed by atoms with E-state index in [4.69, 9.17) is 16.3 Å². The molecule has 2 atom stereocenters. The number of aromatic nitrogens is 1. The van der Waals surface area contributed by atoms with Crippen LogP contribution in [0.15, 0.2) is 12.1 Å². The Kier molecular flexibility index (Phi) is 6.05. The monoisotopic (exact) mass is 390 g/mol. The predicted molar refractivity (Wildman–Crippen MR) is 90.3 cm³/mol. The molecule has 0 aliphatic carbocycles. The maximum absolute atomic E-state index is 12.6. The highest BCUT2D eigenvalue weighted by atomic mass is 35.5. The van der Waals surface area contributed by atoms with E-state index >= 15 is 0 Å². The highest BCUT2D eigenvalue weighted by Crippen LogP contribution is 2.35. The van der Waals surface area contributed by atoms with Crippen molar-refractivity contribution in [1.29, 1.82) is 0 Å². The minimum absolute atomic E-state index is 0.0422. The number of carbonyl (C=O) groups is 2. The van der Waals surface area contributed by atoms with Crippen molar-refractivity contribution in [3.8, 4) is 5.88 Å². The Morgan fingerprint density at radius 1 is 1.38 bits per heavy atom. The molecule has 1 saturated heterocycles. The lowest BCUT2D eigenvalue weighted by molar-refractivity contribution is -0.128. The molecule has 2 heterocycles. The van der Waals surface area contributed by atoms with Crippen molar-refractivity contribution in [2.75, 3.05) is 6.54 Å². The summed E-state index contributed by atoms with van der Waals surface area (Å²) in [5.41, 5.74) is -0.487. The number of nitrogens with zero attached hydrogens (tertiary/aromatic N) is 2. The fraction of sp³-hybridized carbons (Fsp3) is 0.588. The Hall–Kier alpha value is -1.96. The Balaban J connectivity index is 2.36. The van der Waals surface area contributed by atoms with Gasteiger partial charge >= 0.3 is 12.7 Å². The second kappa shape index (κ2) is 7.73. The van der Waals surface area contributed by atoms with E-state index < -0.39 is 24.3 Å². The van der Waals surface area contributed by atoms with Crippen LogP contribution >= 0.6 is 11.6 Å². The first-order chi connectivity index (χ1) is 12.0. The highest BCUT2D eigenvalue weighted by Gasteiger charge is 2.40. The SMILES string of the molecule is C[C@@H]1CC(=O)[C@@H](c2ccc(OC(F)F)nc2Cl)N(C(=O)OC(C)(C)C)C1. The molecule has 0 unspecified atom stereocenters. The zero-order chi connectivity index (χ0) is 19.6. The van der Waals surface area contributed by atoms with E-state index in [1.807, 2.05) is 6.92 Å². The van der Waals surface area contributed by atoms with Crippen molar-refractivity contribution in [1.82, 2.24) is 9.88 Å². The van der Waals surface area contributed by atoms with Crippen molar-refractivity contribution in [3.63, 3.8) is 0 Å². The van der Waals surface area contributed by atoms with Crippen LogP contribution in [-0.4, -0.2) is 40.5 Å². The summed E-state index contributed by atoms with van der Waals surface area (Å²) in [6.45, 7) is 4.28. The molecule has 1 fully saturated rings. The van der Waals surface area contributed by atoms with Crippen molar-refractivity contribution in [3.05, 3.63) is 22.8 Å². The summed E-state index contributed by atoms with van der Waals surface area (Å²) in [5, 5.41) is -0.176. The lowest BCUT2D eigenvalue weighted by Gasteiger charge is -2.38. The molecule has 0 bridgehead atoms. The van der Waals surface area contributed by atoms with E-state index in [1.165, 1.54) is 17.0 Å². The number of hydrogen-bond donors (Lipinski definition) is 0. The molecule has 144 valence electrons. The molecule has 0 radical (unpaired) electrons. The molecular weight excluding hydrogens is 370 g/mol. The van der Waals surface area contributed by atoms with Gasteiger partial charge in [-0.25, -0.2) is 9.78 Å². The third kappa shape index (κ3) is 5.03. The maximum atomic E-state index is 12.6. The summed E-state index contributed by atoms with van der Waals surface area (Å²) in [4.78, 5) is 30.2. The lowest BCUT2D eigenvalue weighted by Crippen LogP contribution is -2.48. The van der Waals surface area contributed by atoms with Gasteiger partial charge in [0.05, 0.1) is 0 Å². The number of hydrogen-bond acceptors (Lipinski definition) is 5. The van der Waals surface area contributed by atoms with Gasteiger partial charge in [0.25, 0.3) is 0 Å². The lowest BCUT2D eigenvalue weighted by atomic mass is 9.89. The van der Waals surface area contributed by atoms with E-state index in [-0.39, 0.29) is 34.7 Å². The molecule has 0 aromatic carbocycles. The van der Waals surface area contributed by atoms with Crippen LogP contribution in [0.1, 0.15) is 45.7 Å². The number of piperidine rings is 1. The summed E-state index contributed by atoms with van der Waals surface area (Å²) in [6.07, 6.45) is -0.387. The number of rotatable bonds is 3. The minimum atomic E-state index is -3.04. The number of pyridine rings is 1. The molecule has 6 nitrogen and oxygen atoms in total. The minimum Gasteiger partial charge on any atom is -0.444 e. The first kappa shape index (κ1) is 20.4. The van der Waals surface area contributed by atoms with Gasteiger partial charge < -0.3 is 9.47 Å². The largest absolute Gasteiger partial charge is 0.444 e. The van der Waals surface area contributed by atoms with Crippen LogP contribution in [0.3, 0.4) is 0 Å². The maximum Gasteiger partial charge on any atom is 0.411 e. The zero-order valence-electron chi connectivity index (χ0n) is 15.0. The van der Waals surface area contributed by atoms with Gasteiger partial charge in [0.15, 0.2) is 5.78 Å². The van der Waals surface area contributed by atoms with Crippen LogP contribution < -0.4 is 4.74 Å². The van der Waals surface area contributed by atoms with Gasteiger partial charge in [0.2, 0.25) is 5.88 Å². The Morgan fingerprint density at radius 2 is 2.04 bits per heavy atom. The normalized spacial score (nSPS) is 21.1. The van der Waals surface area contributed by atoms with Gasteiger partial charge in [0, 0.05) is 24.6 Å². The Labute approximate surface area is 155 Å².